The number of halogens is 2. The Morgan fingerprint density at radius 2 is 1.87 bits per heavy atom. The molecule has 0 bridgehead atoms. The maximum atomic E-state index is 13.0. The number of rotatable bonds is 7. The van der Waals surface area contributed by atoms with Crippen LogP contribution in [0.2, 0.25) is 10.0 Å². The molecule has 0 fully saturated rings. The fourth-order valence-electron chi connectivity index (χ4n) is 2.67. The van der Waals surface area contributed by atoms with Crippen LogP contribution < -0.4 is 0 Å². The second-order valence-electron chi connectivity index (χ2n) is 6.45. The molecular formula is C20H19Cl2N3O4S. The van der Waals surface area contributed by atoms with Gasteiger partial charge in [0.15, 0.2) is 5.82 Å². The highest BCUT2D eigenvalue weighted by Crippen LogP contribution is 2.32. The minimum absolute atomic E-state index is 0.0390. The predicted molar refractivity (Wildman–Crippen MR) is 113 cm³/mol. The lowest BCUT2D eigenvalue weighted by atomic mass is 10.2. The number of carbonyl (C=O) groups excluding carboxylic acids is 1. The summed E-state index contributed by atoms with van der Waals surface area (Å²) in [5, 5.41) is 4.36. The number of ether oxygens (including phenoxy) is 1. The van der Waals surface area contributed by atoms with Crippen LogP contribution in [-0.2, 0) is 19.4 Å². The summed E-state index contributed by atoms with van der Waals surface area (Å²) < 4.78 is 32.5. The normalized spacial score (nSPS) is 12.5. The van der Waals surface area contributed by atoms with Crippen molar-refractivity contribution in [2.75, 3.05) is 6.61 Å². The van der Waals surface area contributed by atoms with Gasteiger partial charge in [-0.2, -0.15) is 4.98 Å². The first-order chi connectivity index (χ1) is 14.3. The molecule has 0 spiro atoms. The van der Waals surface area contributed by atoms with Gasteiger partial charge in [0, 0.05) is 10.6 Å². The molecule has 0 aliphatic heterocycles. The monoisotopic (exact) mass is 467 g/mol. The van der Waals surface area contributed by atoms with Crippen LogP contribution in [0.15, 0.2) is 58.6 Å². The van der Waals surface area contributed by atoms with Crippen LogP contribution in [0.4, 0.5) is 0 Å². The first-order valence-corrected chi connectivity index (χ1v) is 11.4. The predicted octanol–water partition coefficient (Wildman–Crippen LogP) is 4.60. The van der Waals surface area contributed by atoms with Crippen LogP contribution in [0.25, 0.3) is 11.4 Å². The molecule has 1 unspecified atom stereocenters. The second-order valence-corrected chi connectivity index (χ2v) is 9.13. The molecule has 0 aliphatic carbocycles. The van der Waals surface area contributed by atoms with E-state index in [0.29, 0.717) is 17.0 Å². The molecule has 1 aromatic heterocycles. The van der Waals surface area contributed by atoms with E-state index in [1.165, 1.54) is 22.9 Å². The fraction of sp³-hybridized carbons (Fsp3) is 0.250. The van der Waals surface area contributed by atoms with Crippen LogP contribution in [0, 0.1) is 0 Å². The molecule has 0 aliphatic rings. The van der Waals surface area contributed by atoms with Crippen molar-refractivity contribution in [3.63, 3.8) is 0 Å². The zero-order valence-corrected chi connectivity index (χ0v) is 18.6. The van der Waals surface area contributed by atoms with Gasteiger partial charge in [0.1, 0.15) is 6.04 Å². The molecule has 1 atom stereocenters. The molecule has 158 valence electrons. The minimum atomic E-state index is -4.01. The summed E-state index contributed by atoms with van der Waals surface area (Å²) in [5.74, 6) is -0.441. The third-order valence-electron chi connectivity index (χ3n) is 4.23. The van der Waals surface area contributed by atoms with Gasteiger partial charge in [-0.1, -0.05) is 48.3 Å². The highest BCUT2D eigenvalue weighted by atomic mass is 35.5. The van der Waals surface area contributed by atoms with E-state index < -0.39 is 27.0 Å². The van der Waals surface area contributed by atoms with Gasteiger partial charge >= 0.3 is 5.97 Å². The minimum Gasteiger partial charge on any atom is -0.464 e. The summed E-state index contributed by atoms with van der Waals surface area (Å²) in [6, 6.07) is 11.6. The average molecular weight is 468 g/mol. The third-order valence-corrected chi connectivity index (χ3v) is 6.33. The summed E-state index contributed by atoms with van der Waals surface area (Å²) in [4.78, 5) is 16.7. The number of sulfone groups is 1. The van der Waals surface area contributed by atoms with E-state index in [4.69, 9.17) is 27.9 Å². The second kappa shape index (κ2) is 9.16. The van der Waals surface area contributed by atoms with Crippen LogP contribution in [0.3, 0.4) is 0 Å². The van der Waals surface area contributed by atoms with Crippen LogP contribution in [0.1, 0.15) is 26.3 Å². The standard InChI is InChI=1S/C20H19Cl2N3O4S/c1-3-11-29-19(26)13(2)25-18(16-10-9-14(21)12-17(16)22)23-20(24-25)30(27,28)15-7-5-4-6-8-15/h4-10,12-13H,3,11H2,1-2H3. The van der Waals surface area contributed by atoms with Crippen LogP contribution in [-0.4, -0.2) is 35.8 Å². The molecule has 7 nitrogen and oxygen atoms in total. The highest BCUT2D eigenvalue weighted by Gasteiger charge is 2.30. The molecule has 10 heteroatoms. The Kier molecular flexibility index (Phi) is 6.80. The topological polar surface area (TPSA) is 91.2 Å². The highest BCUT2D eigenvalue weighted by molar-refractivity contribution is 7.91. The molecule has 0 radical (unpaired) electrons. The molecule has 1 heterocycles. The summed E-state index contributed by atoms with van der Waals surface area (Å²) in [6.07, 6.45) is 0.652. The van der Waals surface area contributed by atoms with Gasteiger partial charge in [-0.15, -0.1) is 5.10 Å². The number of esters is 1. The van der Waals surface area contributed by atoms with Crippen molar-refractivity contribution in [3.05, 3.63) is 58.6 Å². The number of nitrogens with zero attached hydrogens (tertiary/aromatic N) is 3. The molecular weight excluding hydrogens is 449 g/mol. The quantitative estimate of drug-likeness (QED) is 0.471. The number of benzene rings is 2. The molecule has 0 saturated heterocycles. The molecule has 3 aromatic rings. The number of carbonyl (C=O) groups is 1. The van der Waals surface area contributed by atoms with Crippen molar-refractivity contribution in [1.82, 2.24) is 14.8 Å². The SMILES string of the molecule is CCCOC(=O)C(C)n1nc(S(=O)(=O)c2ccccc2)nc1-c1ccc(Cl)cc1Cl. The summed E-state index contributed by atoms with van der Waals surface area (Å²) in [6.45, 7) is 3.67. The van der Waals surface area contributed by atoms with Crippen molar-refractivity contribution in [2.45, 2.75) is 36.4 Å². The van der Waals surface area contributed by atoms with Gasteiger partial charge < -0.3 is 4.74 Å². The first-order valence-electron chi connectivity index (χ1n) is 9.14. The van der Waals surface area contributed by atoms with Gasteiger partial charge in [0.05, 0.1) is 16.5 Å². The molecule has 3 rings (SSSR count). The summed E-state index contributed by atoms with van der Waals surface area (Å²) >= 11 is 12.3. The zero-order chi connectivity index (χ0) is 21.9. The smallest absolute Gasteiger partial charge is 0.330 e. The number of hydrogen-bond donors (Lipinski definition) is 0. The van der Waals surface area contributed by atoms with Gasteiger partial charge in [-0.05, 0) is 43.7 Å². The van der Waals surface area contributed by atoms with E-state index in [0.717, 1.165) is 0 Å². The van der Waals surface area contributed by atoms with Crippen molar-refractivity contribution in [3.8, 4) is 11.4 Å². The van der Waals surface area contributed by atoms with Gasteiger partial charge in [-0.25, -0.2) is 17.9 Å². The van der Waals surface area contributed by atoms with Crippen molar-refractivity contribution in [2.24, 2.45) is 0 Å². The third kappa shape index (κ3) is 4.50. The van der Waals surface area contributed by atoms with E-state index in [-0.39, 0.29) is 22.3 Å². The Balaban J connectivity index is 2.16. The maximum absolute atomic E-state index is 13.0. The Morgan fingerprint density at radius 3 is 2.50 bits per heavy atom. The molecule has 2 aromatic carbocycles. The molecule has 0 N–H and O–H groups in total. The Bertz CT molecular complexity index is 1160. The van der Waals surface area contributed by atoms with Crippen LogP contribution >= 0.6 is 23.2 Å². The lowest BCUT2D eigenvalue weighted by molar-refractivity contribution is -0.147. The Hall–Kier alpha value is -2.42. The molecule has 30 heavy (non-hydrogen) atoms. The summed E-state index contributed by atoms with van der Waals surface area (Å²) in [7, 11) is -4.01. The van der Waals surface area contributed by atoms with Gasteiger partial charge in [0.25, 0.3) is 5.16 Å². The lowest BCUT2D eigenvalue weighted by Crippen LogP contribution is -2.21. The van der Waals surface area contributed by atoms with Gasteiger partial charge in [-0.3, -0.25) is 0 Å². The summed E-state index contributed by atoms with van der Waals surface area (Å²) in [5.41, 5.74) is 0.387. The molecule has 0 amide bonds. The lowest BCUT2D eigenvalue weighted by Gasteiger charge is -2.14. The maximum Gasteiger partial charge on any atom is 0.330 e. The van der Waals surface area contributed by atoms with Gasteiger partial charge in [0.2, 0.25) is 9.84 Å². The van der Waals surface area contributed by atoms with Crippen molar-refractivity contribution in [1.29, 1.82) is 0 Å². The zero-order valence-electron chi connectivity index (χ0n) is 16.2. The van der Waals surface area contributed by atoms with E-state index in [1.807, 2.05) is 6.92 Å². The first kappa shape index (κ1) is 22.3. The van der Waals surface area contributed by atoms with E-state index in [1.54, 1.807) is 37.3 Å². The van der Waals surface area contributed by atoms with E-state index in [9.17, 15) is 13.2 Å². The Morgan fingerprint density at radius 1 is 1.17 bits per heavy atom. The van der Waals surface area contributed by atoms with E-state index >= 15 is 0 Å². The average Bonchev–Trinajstić information content (AvgIpc) is 3.18. The Labute approximate surface area is 184 Å². The number of aromatic nitrogens is 3. The molecule has 0 saturated carbocycles. The largest absolute Gasteiger partial charge is 0.464 e. The number of hydrogen-bond acceptors (Lipinski definition) is 6. The van der Waals surface area contributed by atoms with Crippen molar-refractivity contribution >= 4 is 39.0 Å². The van der Waals surface area contributed by atoms with Crippen LogP contribution in [0.5, 0.6) is 0 Å². The van der Waals surface area contributed by atoms with E-state index in [2.05, 4.69) is 10.1 Å². The fourth-order valence-corrected chi connectivity index (χ4v) is 4.29. The van der Waals surface area contributed by atoms with Crippen molar-refractivity contribution < 1.29 is 17.9 Å².